The van der Waals surface area contributed by atoms with Crippen molar-refractivity contribution >= 4 is 23.5 Å². The van der Waals surface area contributed by atoms with Gasteiger partial charge in [-0.15, -0.1) is 0 Å². The first-order chi connectivity index (χ1) is 11.1. The lowest BCUT2D eigenvalue weighted by molar-refractivity contribution is 0.875. The molecule has 0 atom stereocenters. The molecule has 0 bridgehead atoms. The molecule has 1 saturated heterocycles. The van der Waals surface area contributed by atoms with Gasteiger partial charge < -0.3 is 16.0 Å². The predicted molar refractivity (Wildman–Crippen MR) is 94.1 cm³/mol. The molecule has 124 valence electrons. The minimum Gasteiger partial charge on any atom is -0.384 e. The van der Waals surface area contributed by atoms with Crippen molar-refractivity contribution in [3.05, 3.63) is 34.9 Å². The fraction of sp³-hybridized carbons (Fsp3) is 0.400. The number of aromatic nitrogens is 3. The second kappa shape index (κ2) is 8.54. The molecule has 2 aromatic heterocycles. The largest absolute Gasteiger partial charge is 0.384 e. The molecule has 0 spiro atoms. The standard InChI is InChI=1S/C13H15N5OS.C2H7N/c14-11-4-3-9(7-15-11)20-10-8-16-13(17-12(10)19)18-5-1-2-6-18;1-3-2/h3-4,7-8H,1-2,5-6H2,(H2,14,15)(H,16,17,19);3H,1-2H3. The number of nitrogen functional groups attached to an aromatic ring is 1. The van der Waals surface area contributed by atoms with Crippen LogP contribution in [0.5, 0.6) is 0 Å². The maximum atomic E-state index is 12.1. The van der Waals surface area contributed by atoms with Gasteiger partial charge in [-0.1, -0.05) is 11.8 Å². The highest BCUT2D eigenvalue weighted by atomic mass is 32.2. The number of aromatic amines is 1. The van der Waals surface area contributed by atoms with Crippen molar-refractivity contribution in [1.82, 2.24) is 20.3 Å². The van der Waals surface area contributed by atoms with Crippen molar-refractivity contribution in [3.63, 3.8) is 0 Å². The summed E-state index contributed by atoms with van der Waals surface area (Å²) in [5, 5.41) is 2.75. The molecule has 3 heterocycles. The van der Waals surface area contributed by atoms with Crippen LogP contribution in [-0.2, 0) is 0 Å². The van der Waals surface area contributed by atoms with E-state index in [2.05, 4.69) is 25.2 Å². The number of pyridine rings is 1. The molecular weight excluding hydrogens is 312 g/mol. The Labute approximate surface area is 139 Å². The SMILES string of the molecule is CNC.Nc1ccc(Sc2cnc(N3CCCC3)[nH]c2=O)cn1. The number of nitrogens with two attached hydrogens (primary N) is 1. The van der Waals surface area contributed by atoms with Gasteiger partial charge in [-0.25, -0.2) is 9.97 Å². The van der Waals surface area contributed by atoms with Crippen molar-refractivity contribution < 1.29 is 0 Å². The van der Waals surface area contributed by atoms with Crippen molar-refractivity contribution in [2.45, 2.75) is 22.6 Å². The number of nitrogens with one attached hydrogen (secondary N) is 2. The van der Waals surface area contributed by atoms with E-state index in [1.54, 1.807) is 18.5 Å². The Morgan fingerprint density at radius 3 is 2.48 bits per heavy atom. The van der Waals surface area contributed by atoms with Crippen LogP contribution in [0.3, 0.4) is 0 Å². The maximum absolute atomic E-state index is 12.1. The minimum atomic E-state index is -0.122. The fourth-order valence-electron chi connectivity index (χ4n) is 2.12. The third-order valence-corrected chi connectivity index (χ3v) is 4.13. The third-order valence-electron chi connectivity index (χ3n) is 3.15. The summed E-state index contributed by atoms with van der Waals surface area (Å²) < 4.78 is 0. The Balaban J connectivity index is 0.000000595. The Hall–Kier alpha value is -2.06. The third kappa shape index (κ3) is 4.97. The summed E-state index contributed by atoms with van der Waals surface area (Å²) >= 11 is 1.33. The van der Waals surface area contributed by atoms with Crippen LogP contribution in [0.2, 0.25) is 0 Å². The van der Waals surface area contributed by atoms with Crippen LogP contribution >= 0.6 is 11.8 Å². The summed E-state index contributed by atoms with van der Waals surface area (Å²) in [4.78, 5) is 26.8. The Morgan fingerprint density at radius 1 is 1.22 bits per heavy atom. The van der Waals surface area contributed by atoms with Gasteiger partial charge in [-0.05, 0) is 39.1 Å². The van der Waals surface area contributed by atoms with Gasteiger partial charge in [-0.3, -0.25) is 9.78 Å². The number of rotatable bonds is 3. The molecule has 0 amide bonds. The fourth-order valence-corrected chi connectivity index (χ4v) is 2.86. The van der Waals surface area contributed by atoms with E-state index in [-0.39, 0.29) is 5.56 Å². The van der Waals surface area contributed by atoms with E-state index in [0.717, 1.165) is 30.8 Å². The zero-order chi connectivity index (χ0) is 16.7. The van der Waals surface area contributed by atoms with E-state index < -0.39 is 0 Å². The van der Waals surface area contributed by atoms with Crippen molar-refractivity contribution in [3.8, 4) is 0 Å². The van der Waals surface area contributed by atoms with Crippen LogP contribution in [0.4, 0.5) is 11.8 Å². The quantitative estimate of drug-likeness (QED) is 0.778. The smallest absolute Gasteiger partial charge is 0.266 e. The lowest BCUT2D eigenvalue weighted by atomic mass is 10.4. The summed E-state index contributed by atoms with van der Waals surface area (Å²) in [6.45, 7) is 1.91. The molecule has 0 unspecified atom stereocenters. The molecule has 8 heteroatoms. The molecule has 0 aromatic carbocycles. The molecular formula is C15H22N6OS. The molecule has 4 N–H and O–H groups in total. The first kappa shape index (κ1) is 17.3. The number of hydrogen-bond donors (Lipinski definition) is 3. The molecule has 1 aliphatic heterocycles. The second-order valence-electron chi connectivity index (χ2n) is 5.12. The summed E-state index contributed by atoms with van der Waals surface area (Å²) in [5.74, 6) is 1.12. The van der Waals surface area contributed by atoms with Gasteiger partial charge in [0.25, 0.3) is 5.56 Å². The lowest BCUT2D eigenvalue weighted by Crippen LogP contribution is -2.24. The molecule has 23 heavy (non-hydrogen) atoms. The van der Waals surface area contributed by atoms with Crippen LogP contribution in [0.25, 0.3) is 0 Å². The molecule has 3 rings (SSSR count). The van der Waals surface area contributed by atoms with Gasteiger partial charge in [0.15, 0.2) is 0 Å². The monoisotopic (exact) mass is 334 g/mol. The van der Waals surface area contributed by atoms with E-state index in [1.807, 2.05) is 20.2 Å². The zero-order valence-corrected chi connectivity index (χ0v) is 14.2. The van der Waals surface area contributed by atoms with Crippen molar-refractivity contribution in [2.75, 3.05) is 37.8 Å². The van der Waals surface area contributed by atoms with Gasteiger partial charge in [-0.2, -0.15) is 0 Å². The number of H-pyrrole nitrogens is 1. The lowest BCUT2D eigenvalue weighted by Gasteiger charge is -2.15. The van der Waals surface area contributed by atoms with Gasteiger partial charge in [0.05, 0.1) is 11.1 Å². The van der Waals surface area contributed by atoms with Crippen molar-refractivity contribution in [1.29, 1.82) is 0 Å². The van der Waals surface area contributed by atoms with Gasteiger partial charge in [0.2, 0.25) is 5.95 Å². The van der Waals surface area contributed by atoms with E-state index in [1.165, 1.54) is 11.8 Å². The van der Waals surface area contributed by atoms with Crippen LogP contribution in [-0.4, -0.2) is 42.1 Å². The molecule has 1 aliphatic rings. The molecule has 0 radical (unpaired) electrons. The molecule has 0 aliphatic carbocycles. The summed E-state index contributed by atoms with van der Waals surface area (Å²) in [7, 11) is 3.75. The predicted octanol–water partition coefficient (Wildman–Crippen LogP) is 1.33. The topological polar surface area (TPSA) is 99.9 Å². The average Bonchev–Trinajstić information content (AvgIpc) is 3.07. The van der Waals surface area contributed by atoms with Gasteiger partial charge >= 0.3 is 0 Å². The minimum absolute atomic E-state index is 0.122. The summed E-state index contributed by atoms with van der Waals surface area (Å²) in [6, 6.07) is 3.55. The number of hydrogen-bond acceptors (Lipinski definition) is 7. The molecule has 2 aromatic rings. The summed E-state index contributed by atoms with van der Waals surface area (Å²) in [5.41, 5.74) is 5.41. The van der Waals surface area contributed by atoms with Crippen LogP contribution in [0, 0.1) is 0 Å². The van der Waals surface area contributed by atoms with Crippen LogP contribution in [0.15, 0.2) is 39.1 Å². The highest BCUT2D eigenvalue weighted by Crippen LogP contribution is 2.24. The Kier molecular flexibility index (Phi) is 6.42. The molecule has 1 fully saturated rings. The first-order valence-corrected chi connectivity index (χ1v) is 8.28. The highest BCUT2D eigenvalue weighted by Gasteiger charge is 2.15. The van der Waals surface area contributed by atoms with Crippen LogP contribution in [0.1, 0.15) is 12.8 Å². The zero-order valence-electron chi connectivity index (χ0n) is 13.4. The highest BCUT2D eigenvalue weighted by molar-refractivity contribution is 7.99. The van der Waals surface area contributed by atoms with Gasteiger partial charge in [0, 0.05) is 24.2 Å². The summed E-state index contributed by atoms with van der Waals surface area (Å²) in [6.07, 6.45) is 5.57. The van der Waals surface area contributed by atoms with E-state index in [4.69, 9.17) is 5.73 Å². The van der Waals surface area contributed by atoms with Gasteiger partial charge in [0.1, 0.15) is 5.82 Å². The number of nitrogens with zero attached hydrogens (tertiary/aromatic N) is 3. The van der Waals surface area contributed by atoms with Crippen LogP contribution < -0.4 is 21.5 Å². The molecule has 7 nitrogen and oxygen atoms in total. The van der Waals surface area contributed by atoms with E-state index in [9.17, 15) is 4.79 Å². The first-order valence-electron chi connectivity index (χ1n) is 7.46. The Morgan fingerprint density at radius 2 is 1.91 bits per heavy atom. The van der Waals surface area contributed by atoms with Crippen molar-refractivity contribution in [2.24, 2.45) is 0 Å². The number of anilines is 2. The normalized spacial score (nSPS) is 13.6. The van der Waals surface area contributed by atoms with E-state index >= 15 is 0 Å². The Bertz CT molecular complexity index is 666. The second-order valence-corrected chi connectivity index (χ2v) is 6.23. The maximum Gasteiger partial charge on any atom is 0.266 e. The molecule has 0 saturated carbocycles. The average molecular weight is 334 g/mol. The van der Waals surface area contributed by atoms with E-state index in [0.29, 0.717) is 16.7 Å².